The minimum atomic E-state index is -0.774. The summed E-state index contributed by atoms with van der Waals surface area (Å²) < 4.78 is 26.8. The van der Waals surface area contributed by atoms with E-state index in [9.17, 15) is 8.78 Å². The number of hydrogen-bond donors (Lipinski definition) is 0. The summed E-state index contributed by atoms with van der Waals surface area (Å²) in [6.07, 6.45) is 1.80. The first-order chi connectivity index (χ1) is 9.74. The number of nitrogens with zero attached hydrogens (tertiary/aromatic N) is 3. The molecule has 1 aromatic carbocycles. The summed E-state index contributed by atoms with van der Waals surface area (Å²) in [6, 6.07) is 4.35. The van der Waals surface area contributed by atoms with Crippen LogP contribution in [0.15, 0.2) is 29.8 Å². The van der Waals surface area contributed by atoms with Gasteiger partial charge in [0.05, 0.1) is 0 Å². The van der Waals surface area contributed by atoms with Gasteiger partial charge in [0, 0.05) is 49.9 Å². The van der Waals surface area contributed by atoms with Crippen molar-refractivity contribution < 1.29 is 8.78 Å². The summed E-state index contributed by atoms with van der Waals surface area (Å²) in [5.41, 5.74) is 0.424. The van der Waals surface area contributed by atoms with Gasteiger partial charge in [0.2, 0.25) is 0 Å². The molecule has 2 aromatic rings. The fraction of sp³-hybridized carbons (Fsp3) is 0.357. The van der Waals surface area contributed by atoms with Crippen molar-refractivity contribution in [2.75, 3.05) is 31.1 Å². The van der Waals surface area contributed by atoms with Crippen LogP contribution in [0.1, 0.15) is 5.56 Å². The first-order valence-corrected chi connectivity index (χ1v) is 7.41. The number of aromatic nitrogens is 1. The molecule has 0 N–H and O–H groups in total. The highest BCUT2D eigenvalue weighted by Crippen LogP contribution is 2.20. The van der Waals surface area contributed by atoms with Crippen molar-refractivity contribution >= 4 is 16.5 Å². The van der Waals surface area contributed by atoms with E-state index in [1.807, 2.05) is 5.38 Å². The maximum atomic E-state index is 13.6. The Balaban J connectivity index is 1.60. The van der Waals surface area contributed by atoms with Crippen LogP contribution in [0.25, 0.3) is 0 Å². The van der Waals surface area contributed by atoms with Crippen molar-refractivity contribution in [2.24, 2.45) is 0 Å². The highest BCUT2D eigenvalue weighted by atomic mass is 32.1. The minimum absolute atomic E-state index is 0.424. The summed E-state index contributed by atoms with van der Waals surface area (Å²) in [5, 5.41) is 2.99. The molecule has 1 fully saturated rings. The van der Waals surface area contributed by atoms with Crippen LogP contribution in [0.4, 0.5) is 13.9 Å². The van der Waals surface area contributed by atoms with Gasteiger partial charge in [-0.05, 0) is 6.07 Å². The third-order valence-electron chi connectivity index (χ3n) is 3.49. The SMILES string of the molecule is Fc1cccc(CN2CCN(c3nccs3)CC2)c1F. The number of halogens is 2. The van der Waals surface area contributed by atoms with Gasteiger partial charge in [-0.2, -0.15) is 0 Å². The van der Waals surface area contributed by atoms with Crippen molar-refractivity contribution in [3.8, 4) is 0 Å². The van der Waals surface area contributed by atoms with Crippen LogP contribution in [0, 0.1) is 11.6 Å². The van der Waals surface area contributed by atoms with Gasteiger partial charge >= 0.3 is 0 Å². The Morgan fingerprint density at radius 1 is 1.15 bits per heavy atom. The van der Waals surface area contributed by atoms with E-state index in [1.165, 1.54) is 0 Å². The fourth-order valence-corrected chi connectivity index (χ4v) is 3.08. The van der Waals surface area contributed by atoms with Crippen molar-refractivity contribution in [3.63, 3.8) is 0 Å². The number of hydrogen-bond acceptors (Lipinski definition) is 4. The molecule has 0 aliphatic carbocycles. The molecular formula is C14H15F2N3S. The molecule has 3 rings (SSSR count). The molecule has 2 heterocycles. The van der Waals surface area contributed by atoms with Gasteiger partial charge in [-0.15, -0.1) is 11.3 Å². The molecule has 1 aliphatic heterocycles. The first-order valence-electron chi connectivity index (χ1n) is 6.54. The monoisotopic (exact) mass is 295 g/mol. The van der Waals surface area contributed by atoms with Crippen LogP contribution in [0.5, 0.6) is 0 Å². The van der Waals surface area contributed by atoms with Crippen LogP contribution in [-0.4, -0.2) is 36.1 Å². The number of piperazine rings is 1. The molecule has 1 aliphatic rings. The Bertz CT molecular complexity index is 566. The lowest BCUT2D eigenvalue weighted by molar-refractivity contribution is 0.245. The molecular weight excluding hydrogens is 280 g/mol. The third kappa shape index (κ3) is 2.81. The second kappa shape index (κ2) is 5.85. The van der Waals surface area contributed by atoms with Crippen LogP contribution in [0.2, 0.25) is 0 Å². The zero-order valence-electron chi connectivity index (χ0n) is 10.9. The average Bonchev–Trinajstić information content (AvgIpc) is 2.99. The van der Waals surface area contributed by atoms with E-state index in [-0.39, 0.29) is 0 Å². The van der Waals surface area contributed by atoms with Crippen LogP contribution >= 0.6 is 11.3 Å². The number of benzene rings is 1. The van der Waals surface area contributed by atoms with E-state index in [1.54, 1.807) is 29.7 Å². The predicted octanol–water partition coefficient (Wildman–Crippen LogP) is 2.74. The first kappa shape index (κ1) is 13.5. The summed E-state index contributed by atoms with van der Waals surface area (Å²) >= 11 is 1.63. The van der Waals surface area contributed by atoms with Gasteiger partial charge in [0.1, 0.15) is 0 Å². The van der Waals surface area contributed by atoms with Crippen molar-refractivity contribution in [3.05, 3.63) is 47.0 Å². The second-order valence-corrected chi connectivity index (χ2v) is 5.66. The Morgan fingerprint density at radius 3 is 2.65 bits per heavy atom. The lowest BCUT2D eigenvalue weighted by atomic mass is 10.2. The molecule has 0 amide bonds. The number of rotatable bonds is 3. The Hall–Kier alpha value is -1.53. The summed E-state index contributed by atoms with van der Waals surface area (Å²) in [7, 11) is 0. The topological polar surface area (TPSA) is 19.4 Å². The highest BCUT2D eigenvalue weighted by Gasteiger charge is 2.20. The largest absolute Gasteiger partial charge is 0.346 e. The normalized spacial score (nSPS) is 16.6. The van der Waals surface area contributed by atoms with E-state index in [4.69, 9.17) is 0 Å². The van der Waals surface area contributed by atoms with E-state index in [0.717, 1.165) is 37.4 Å². The number of thiazole rings is 1. The molecule has 20 heavy (non-hydrogen) atoms. The number of anilines is 1. The fourth-order valence-electron chi connectivity index (χ4n) is 2.38. The zero-order valence-corrected chi connectivity index (χ0v) is 11.7. The van der Waals surface area contributed by atoms with Crippen molar-refractivity contribution in [1.29, 1.82) is 0 Å². The molecule has 0 radical (unpaired) electrons. The molecule has 0 atom stereocenters. The van der Waals surface area contributed by atoms with E-state index in [0.29, 0.717) is 12.1 Å². The van der Waals surface area contributed by atoms with Gasteiger partial charge in [0.25, 0.3) is 0 Å². The molecule has 1 saturated heterocycles. The molecule has 0 unspecified atom stereocenters. The van der Waals surface area contributed by atoms with E-state index >= 15 is 0 Å². The molecule has 0 spiro atoms. The average molecular weight is 295 g/mol. The summed E-state index contributed by atoms with van der Waals surface area (Å²) in [4.78, 5) is 8.66. The van der Waals surface area contributed by atoms with Gasteiger partial charge < -0.3 is 4.90 Å². The third-order valence-corrected chi connectivity index (χ3v) is 4.32. The van der Waals surface area contributed by atoms with Gasteiger partial charge in [-0.25, -0.2) is 13.8 Å². The molecule has 106 valence electrons. The minimum Gasteiger partial charge on any atom is -0.346 e. The van der Waals surface area contributed by atoms with Gasteiger partial charge in [-0.1, -0.05) is 12.1 Å². The Morgan fingerprint density at radius 2 is 1.95 bits per heavy atom. The lowest BCUT2D eigenvalue weighted by Crippen LogP contribution is -2.46. The quantitative estimate of drug-likeness (QED) is 0.868. The smallest absolute Gasteiger partial charge is 0.185 e. The molecule has 0 saturated carbocycles. The van der Waals surface area contributed by atoms with Crippen LogP contribution in [-0.2, 0) is 6.54 Å². The molecule has 6 heteroatoms. The van der Waals surface area contributed by atoms with Gasteiger partial charge in [0.15, 0.2) is 16.8 Å². The summed E-state index contributed by atoms with van der Waals surface area (Å²) in [6.45, 7) is 3.84. The van der Waals surface area contributed by atoms with Crippen molar-refractivity contribution in [1.82, 2.24) is 9.88 Å². The summed E-state index contributed by atoms with van der Waals surface area (Å²) in [5.74, 6) is -1.50. The van der Waals surface area contributed by atoms with E-state index < -0.39 is 11.6 Å². The lowest BCUT2D eigenvalue weighted by Gasteiger charge is -2.34. The molecule has 1 aromatic heterocycles. The van der Waals surface area contributed by atoms with Crippen molar-refractivity contribution in [2.45, 2.75) is 6.54 Å². The standard InChI is InChI=1S/C14H15F2N3S/c15-12-3-1-2-11(13(12)16)10-18-5-7-19(8-6-18)14-17-4-9-20-14/h1-4,9H,5-8,10H2. The highest BCUT2D eigenvalue weighted by molar-refractivity contribution is 7.13. The predicted molar refractivity (Wildman–Crippen MR) is 76.0 cm³/mol. The maximum absolute atomic E-state index is 13.6. The second-order valence-electron chi connectivity index (χ2n) is 4.79. The molecule has 0 bridgehead atoms. The zero-order chi connectivity index (χ0) is 13.9. The Labute approximate surface area is 120 Å². The maximum Gasteiger partial charge on any atom is 0.185 e. The van der Waals surface area contributed by atoms with Crippen LogP contribution in [0.3, 0.4) is 0 Å². The molecule has 3 nitrogen and oxygen atoms in total. The van der Waals surface area contributed by atoms with Crippen LogP contribution < -0.4 is 4.90 Å². The van der Waals surface area contributed by atoms with Gasteiger partial charge in [-0.3, -0.25) is 4.90 Å². The Kier molecular flexibility index (Phi) is 3.93. The van der Waals surface area contributed by atoms with E-state index in [2.05, 4.69) is 14.8 Å².